The Labute approximate surface area is 167 Å². The molecular formula is C19H31N3O5S. The van der Waals surface area contributed by atoms with E-state index in [4.69, 9.17) is 9.47 Å². The Bertz CT molecular complexity index is 761. The molecular weight excluding hydrogens is 382 g/mol. The average molecular weight is 414 g/mol. The molecule has 1 aliphatic rings. The Morgan fingerprint density at radius 2 is 1.89 bits per heavy atom. The highest BCUT2D eigenvalue weighted by molar-refractivity contribution is 7.89. The third-order valence-electron chi connectivity index (χ3n) is 4.60. The number of piperazine rings is 1. The summed E-state index contributed by atoms with van der Waals surface area (Å²) in [7, 11) is -0.938. The number of amides is 1. The SMILES string of the molecule is COc1ccc(OC)c(S(=O)(=O)N(CCC(=O)N2CCNCC2)CC(C)C)c1. The fraction of sp³-hybridized carbons (Fsp3) is 0.632. The Balaban J connectivity index is 2.24. The Hall–Kier alpha value is -1.84. The zero-order valence-corrected chi connectivity index (χ0v) is 17.9. The van der Waals surface area contributed by atoms with Crippen molar-refractivity contribution >= 4 is 15.9 Å². The molecule has 0 unspecified atom stereocenters. The molecule has 1 N–H and O–H groups in total. The first kappa shape index (κ1) is 22.4. The van der Waals surface area contributed by atoms with E-state index in [2.05, 4.69) is 5.32 Å². The van der Waals surface area contributed by atoms with Crippen molar-refractivity contribution < 1.29 is 22.7 Å². The number of methoxy groups -OCH3 is 2. The molecule has 0 radical (unpaired) electrons. The van der Waals surface area contributed by atoms with E-state index in [9.17, 15) is 13.2 Å². The van der Waals surface area contributed by atoms with Gasteiger partial charge in [-0.25, -0.2) is 8.42 Å². The number of rotatable bonds is 9. The fourth-order valence-corrected chi connectivity index (χ4v) is 4.91. The smallest absolute Gasteiger partial charge is 0.246 e. The van der Waals surface area contributed by atoms with Crippen LogP contribution in [0, 0.1) is 5.92 Å². The van der Waals surface area contributed by atoms with Crippen LogP contribution in [0.15, 0.2) is 23.1 Å². The second-order valence-electron chi connectivity index (χ2n) is 7.15. The molecule has 1 aromatic carbocycles. The van der Waals surface area contributed by atoms with Gasteiger partial charge in [0.2, 0.25) is 15.9 Å². The maximum Gasteiger partial charge on any atom is 0.246 e. The zero-order valence-electron chi connectivity index (χ0n) is 17.1. The van der Waals surface area contributed by atoms with Gasteiger partial charge in [0, 0.05) is 51.8 Å². The summed E-state index contributed by atoms with van der Waals surface area (Å²) in [6.45, 7) is 7.18. The molecule has 0 aromatic heterocycles. The average Bonchev–Trinajstić information content (AvgIpc) is 2.70. The highest BCUT2D eigenvalue weighted by Crippen LogP contribution is 2.31. The number of hydrogen-bond acceptors (Lipinski definition) is 6. The van der Waals surface area contributed by atoms with Crippen LogP contribution in [0.2, 0.25) is 0 Å². The normalized spacial score (nSPS) is 15.1. The van der Waals surface area contributed by atoms with Crippen LogP contribution in [0.3, 0.4) is 0 Å². The van der Waals surface area contributed by atoms with Crippen molar-refractivity contribution in [2.24, 2.45) is 5.92 Å². The summed E-state index contributed by atoms with van der Waals surface area (Å²) in [5.41, 5.74) is 0. The minimum Gasteiger partial charge on any atom is -0.497 e. The van der Waals surface area contributed by atoms with Crippen molar-refractivity contribution in [2.45, 2.75) is 25.2 Å². The molecule has 28 heavy (non-hydrogen) atoms. The van der Waals surface area contributed by atoms with Gasteiger partial charge in [-0.05, 0) is 18.1 Å². The molecule has 2 rings (SSSR count). The van der Waals surface area contributed by atoms with Crippen LogP contribution in [0.5, 0.6) is 11.5 Å². The maximum absolute atomic E-state index is 13.4. The van der Waals surface area contributed by atoms with Crippen LogP contribution in [0.25, 0.3) is 0 Å². The lowest BCUT2D eigenvalue weighted by Crippen LogP contribution is -2.47. The molecule has 8 nitrogen and oxygen atoms in total. The van der Waals surface area contributed by atoms with E-state index in [1.54, 1.807) is 17.0 Å². The molecule has 0 spiro atoms. The lowest BCUT2D eigenvalue weighted by Gasteiger charge is -2.29. The first-order valence-electron chi connectivity index (χ1n) is 9.50. The second-order valence-corrected chi connectivity index (χ2v) is 9.06. The zero-order chi connectivity index (χ0) is 20.7. The first-order valence-corrected chi connectivity index (χ1v) is 10.9. The lowest BCUT2D eigenvalue weighted by atomic mass is 10.2. The summed E-state index contributed by atoms with van der Waals surface area (Å²) in [5.74, 6) is 0.771. The quantitative estimate of drug-likeness (QED) is 0.654. The van der Waals surface area contributed by atoms with E-state index in [-0.39, 0.29) is 35.4 Å². The second kappa shape index (κ2) is 10.1. The molecule has 1 saturated heterocycles. The van der Waals surface area contributed by atoms with Gasteiger partial charge in [-0.2, -0.15) is 4.31 Å². The number of sulfonamides is 1. The molecule has 1 heterocycles. The van der Waals surface area contributed by atoms with Gasteiger partial charge in [0.1, 0.15) is 16.4 Å². The topological polar surface area (TPSA) is 88.2 Å². The Kier molecular flexibility index (Phi) is 8.09. The molecule has 0 aliphatic carbocycles. The summed E-state index contributed by atoms with van der Waals surface area (Å²) in [4.78, 5) is 14.3. The number of benzene rings is 1. The van der Waals surface area contributed by atoms with Gasteiger partial charge in [-0.15, -0.1) is 0 Å². The monoisotopic (exact) mass is 413 g/mol. The molecule has 0 saturated carbocycles. The molecule has 0 bridgehead atoms. The minimum absolute atomic E-state index is 0.0249. The van der Waals surface area contributed by atoms with Crippen LogP contribution in [-0.2, 0) is 14.8 Å². The van der Waals surface area contributed by atoms with Crippen molar-refractivity contribution in [3.05, 3.63) is 18.2 Å². The Morgan fingerprint density at radius 1 is 1.21 bits per heavy atom. The largest absolute Gasteiger partial charge is 0.497 e. The number of hydrogen-bond donors (Lipinski definition) is 1. The van der Waals surface area contributed by atoms with Crippen molar-refractivity contribution in [3.8, 4) is 11.5 Å². The highest BCUT2D eigenvalue weighted by atomic mass is 32.2. The first-order chi connectivity index (χ1) is 13.3. The predicted octanol–water partition coefficient (Wildman–Crippen LogP) is 1.17. The fourth-order valence-electron chi connectivity index (χ4n) is 3.13. The van der Waals surface area contributed by atoms with E-state index in [1.807, 2.05) is 13.8 Å². The molecule has 0 atom stereocenters. The third-order valence-corrected chi connectivity index (χ3v) is 6.49. The number of carbonyl (C=O) groups excluding carboxylic acids is 1. The van der Waals surface area contributed by atoms with E-state index in [0.29, 0.717) is 25.4 Å². The lowest BCUT2D eigenvalue weighted by molar-refractivity contribution is -0.131. The van der Waals surface area contributed by atoms with Gasteiger partial charge in [-0.1, -0.05) is 13.8 Å². The maximum atomic E-state index is 13.4. The molecule has 9 heteroatoms. The summed E-state index contributed by atoms with van der Waals surface area (Å²) >= 11 is 0. The number of nitrogens with zero attached hydrogens (tertiary/aromatic N) is 2. The van der Waals surface area contributed by atoms with Crippen LogP contribution in [-0.4, -0.2) is 77.0 Å². The van der Waals surface area contributed by atoms with Gasteiger partial charge in [0.25, 0.3) is 0 Å². The van der Waals surface area contributed by atoms with E-state index >= 15 is 0 Å². The van der Waals surface area contributed by atoms with Crippen molar-refractivity contribution in [1.29, 1.82) is 0 Å². The van der Waals surface area contributed by atoms with Crippen molar-refractivity contribution in [3.63, 3.8) is 0 Å². The number of ether oxygens (including phenoxy) is 2. The van der Waals surface area contributed by atoms with Gasteiger partial charge in [0.15, 0.2) is 0 Å². The Morgan fingerprint density at radius 3 is 2.46 bits per heavy atom. The molecule has 158 valence electrons. The predicted molar refractivity (Wildman–Crippen MR) is 107 cm³/mol. The molecule has 1 aliphatic heterocycles. The van der Waals surface area contributed by atoms with Crippen LogP contribution < -0.4 is 14.8 Å². The molecule has 1 amide bonds. The van der Waals surface area contributed by atoms with Crippen LogP contribution in [0.4, 0.5) is 0 Å². The minimum atomic E-state index is -3.85. The standard InChI is InChI=1S/C19H31N3O5S/c1-15(2)14-22(10-7-19(23)21-11-8-20-9-12-21)28(24,25)18-13-16(26-3)5-6-17(18)27-4/h5-6,13,15,20H,7-12,14H2,1-4H3. The van der Waals surface area contributed by atoms with Gasteiger partial charge < -0.3 is 19.7 Å². The van der Waals surface area contributed by atoms with Gasteiger partial charge in [-0.3, -0.25) is 4.79 Å². The third kappa shape index (κ3) is 5.59. The van der Waals surface area contributed by atoms with Gasteiger partial charge >= 0.3 is 0 Å². The molecule has 1 fully saturated rings. The summed E-state index contributed by atoms with van der Waals surface area (Å²) in [6.07, 6.45) is 0.151. The summed E-state index contributed by atoms with van der Waals surface area (Å²) < 4.78 is 38.5. The number of nitrogens with one attached hydrogen (secondary N) is 1. The molecule has 1 aromatic rings. The summed E-state index contributed by atoms with van der Waals surface area (Å²) in [5, 5.41) is 3.20. The highest BCUT2D eigenvalue weighted by Gasteiger charge is 2.30. The van der Waals surface area contributed by atoms with Crippen molar-refractivity contribution in [2.75, 3.05) is 53.5 Å². The number of carbonyl (C=O) groups is 1. The van der Waals surface area contributed by atoms with Crippen molar-refractivity contribution in [1.82, 2.24) is 14.5 Å². The van der Waals surface area contributed by atoms with E-state index in [1.165, 1.54) is 24.6 Å². The summed E-state index contributed by atoms with van der Waals surface area (Å²) in [6, 6.07) is 4.68. The van der Waals surface area contributed by atoms with Crippen LogP contribution >= 0.6 is 0 Å². The van der Waals surface area contributed by atoms with E-state index < -0.39 is 10.0 Å². The van der Waals surface area contributed by atoms with E-state index in [0.717, 1.165) is 13.1 Å². The van der Waals surface area contributed by atoms with Crippen LogP contribution in [0.1, 0.15) is 20.3 Å². The van der Waals surface area contributed by atoms with Gasteiger partial charge in [0.05, 0.1) is 14.2 Å².